The van der Waals surface area contributed by atoms with E-state index in [9.17, 15) is 0 Å². The van der Waals surface area contributed by atoms with E-state index >= 15 is 0 Å². The van der Waals surface area contributed by atoms with Crippen LogP contribution in [0.1, 0.15) is 24.0 Å². The zero-order valence-electron chi connectivity index (χ0n) is 10.8. The molecule has 1 unspecified atom stereocenters. The fraction of sp³-hybridized carbons (Fsp3) is 0.294. The molecule has 0 N–H and O–H groups in total. The lowest BCUT2D eigenvalue weighted by Gasteiger charge is -2.42. The first-order chi connectivity index (χ1) is 9.34. The Morgan fingerprint density at radius 2 is 1.42 bits per heavy atom. The van der Waals surface area contributed by atoms with Crippen molar-refractivity contribution >= 4 is 24.4 Å². The Balaban J connectivity index is 2.16. The Labute approximate surface area is 125 Å². The van der Waals surface area contributed by atoms with Crippen LogP contribution in [0.2, 0.25) is 0 Å². The summed E-state index contributed by atoms with van der Waals surface area (Å²) >= 11 is 6.99. The van der Waals surface area contributed by atoms with E-state index in [0.29, 0.717) is 5.25 Å². The molecule has 3 rings (SSSR count). The average Bonchev–Trinajstić information content (AvgIpc) is 2.50. The van der Waals surface area contributed by atoms with Gasteiger partial charge in [-0.25, -0.2) is 0 Å². The summed E-state index contributed by atoms with van der Waals surface area (Å²) in [5.41, 5.74) is 2.76. The topological polar surface area (TPSA) is 0 Å². The quantitative estimate of drug-likeness (QED) is 0.777. The number of benzene rings is 2. The fourth-order valence-electron chi connectivity index (χ4n) is 2.90. The number of hydrogen-bond acceptors (Lipinski definition) is 2. The van der Waals surface area contributed by atoms with E-state index in [1.54, 1.807) is 0 Å². The van der Waals surface area contributed by atoms with Crippen molar-refractivity contribution in [2.24, 2.45) is 0 Å². The minimum Gasteiger partial charge on any atom is -0.174 e. The van der Waals surface area contributed by atoms with Gasteiger partial charge in [-0.15, -0.1) is 11.8 Å². The van der Waals surface area contributed by atoms with Crippen molar-refractivity contribution in [3.05, 3.63) is 71.8 Å². The van der Waals surface area contributed by atoms with E-state index in [4.69, 9.17) is 12.6 Å². The van der Waals surface area contributed by atoms with Gasteiger partial charge in [0.15, 0.2) is 0 Å². The molecule has 0 spiro atoms. The van der Waals surface area contributed by atoms with Crippen molar-refractivity contribution in [2.75, 3.05) is 5.75 Å². The third kappa shape index (κ3) is 2.32. The predicted molar refractivity (Wildman–Crippen MR) is 88.1 cm³/mol. The molecule has 98 valence electrons. The second-order valence-corrected chi connectivity index (χ2v) is 6.94. The van der Waals surface area contributed by atoms with Crippen LogP contribution in [0.5, 0.6) is 0 Å². The monoisotopic (exact) mass is 286 g/mol. The number of hydrogen-bond donors (Lipinski definition) is 1. The Kier molecular flexibility index (Phi) is 3.90. The minimum atomic E-state index is 0.00385. The SMILES string of the molecule is SC1CCCSC1(c1ccccc1)c1ccccc1. The van der Waals surface area contributed by atoms with Crippen molar-refractivity contribution in [2.45, 2.75) is 22.8 Å². The van der Waals surface area contributed by atoms with Crippen LogP contribution in [0, 0.1) is 0 Å². The predicted octanol–water partition coefficient (Wildman–Crippen LogP) is 4.76. The summed E-state index contributed by atoms with van der Waals surface area (Å²) < 4.78 is 0.00385. The molecule has 2 heteroatoms. The summed E-state index contributed by atoms with van der Waals surface area (Å²) in [4.78, 5) is 0. The van der Waals surface area contributed by atoms with Crippen LogP contribution in [0.15, 0.2) is 60.7 Å². The molecule has 1 aliphatic heterocycles. The van der Waals surface area contributed by atoms with Gasteiger partial charge in [-0.2, -0.15) is 12.6 Å². The highest BCUT2D eigenvalue weighted by atomic mass is 32.2. The van der Waals surface area contributed by atoms with E-state index in [1.165, 1.54) is 29.7 Å². The Bertz CT molecular complexity index is 482. The molecule has 1 atom stereocenters. The highest BCUT2D eigenvalue weighted by molar-refractivity contribution is 8.01. The number of thioether (sulfide) groups is 1. The summed E-state index contributed by atoms with van der Waals surface area (Å²) in [5, 5.41) is 0.371. The van der Waals surface area contributed by atoms with Crippen molar-refractivity contribution in [3.63, 3.8) is 0 Å². The molecule has 0 bridgehead atoms. The van der Waals surface area contributed by atoms with Crippen molar-refractivity contribution in [1.29, 1.82) is 0 Å². The molecule has 0 amide bonds. The summed E-state index contributed by atoms with van der Waals surface area (Å²) in [5.74, 6) is 1.21. The fourth-order valence-corrected chi connectivity index (χ4v) is 5.15. The normalized spacial score (nSPS) is 22.1. The molecule has 0 radical (unpaired) electrons. The zero-order valence-corrected chi connectivity index (χ0v) is 12.5. The molecule has 19 heavy (non-hydrogen) atoms. The lowest BCUT2D eigenvalue weighted by atomic mass is 9.85. The molecule has 0 nitrogen and oxygen atoms in total. The van der Waals surface area contributed by atoms with Gasteiger partial charge in [-0.05, 0) is 29.7 Å². The molecular formula is C17H18S2. The van der Waals surface area contributed by atoms with E-state index in [1.807, 2.05) is 11.8 Å². The summed E-state index contributed by atoms with van der Waals surface area (Å²) in [7, 11) is 0. The lowest BCUT2D eigenvalue weighted by Crippen LogP contribution is -2.37. The van der Waals surface area contributed by atoms with Crippen LogP contribution in [0.3, 0.4) is 0 Å². The van der Waals surface area contributed by atoms with E-state index in [-0.39, 0.29) is 4.75 Å². The highest BCUT2D eigenvalue weighted by Crippen LogP contribution is 2.51. The van der Waals surface area contributed by atoms with Gasteiger partial charge in [0.25, 0.3) is 0 Å². The van der Waals surface area contributed by atoms with Crippen molar-refractivity contribution in [3.8, 4) is 0 Å². The molecular weight excluding hydrogens is 268 g/mol. The largest absolute Gasteiger partial charge is 0.174 e. The smallest absolute Gasteiger partial charge is 0.0772 e. The molecule has 0 saturated carbocycles. The van der Waals surface area contributed by atoms with Crippen molar-refractivity contribution in [1.82, 2.24) is 0 Å². The number of rotatable bonds is 2. The first kappa shape index (κ1) is 13.1. The summed E-state index contributed by atoms with van der Waals surface area (Å²) in [6.07, 6.45) is 2.44. The Morgan fingerprint density at radius 1 is 0.895 bits per heavy atom. The van der Waals surface area contributed by atoms with Crippen LogP contribution < -0.4 is 0 Å². The van der Waals surface area contributed by atoms with Crippen LogP contribution in [-0.2, 0) is 4.75 Å². The maximum atomic E-state index is 4.94. The van der Waals surface area contributed by atoms with Gasteiger partial charge in [0, 0.05) is 5.25 Å². The highest BCUT2D eigenvalue weighted by Gasteiger charge is 2.42. The second kappa shape index (κ2) is 5.64. The molecule has 2 aromatic carbocycles. The second-order valence-electron chi connectivity index (χ2n) is 4.97. The molecule has 1 saturated heterocycles. The van der Waals surface area contributed by atoms with Gasteiger partial charge in [0.1, 0.15) is 0 Å². The zero-order chi connectivity index (χ0) is 13.1. The van der Waals surface area contributed by atoms with Crippen molar-refractivity contribution < 1.29 is 0 Å². The standard InChI is InChI=1S/C17H18S2/c18-16-12-7-13-19-17(16,14-8-3-1-4-9-14)15-10-5-2-6-11-15/h1-6,8-11,16,18H,7,12-13H2. The van der Waals surface area contributed by atoms with Gasteiger partial charge < -0.3 is 0 Å². The van der Waals surface area contributed by atoms with Crippen LogP contribution >= 0.6 is 24.4 Å². The Hall–Kier alpha value is -0.860. The first-order valence-electron chi connectivity index (χ1n) is 6.77. The van der Waals surface area contributed by atoms with Crippen LogP contribution in [0.4, 0.5) is 0 Å². The number of thiol groups is 1. The third-order valence-electron chi connectivity index (χ3n) is 3.83. The van der Waals surface area contributed by atoms with E-state index < -0.39 is 0 Å². The maximum absolute atomic E-state index is 4.94. The molecule has 0 aliphatic carbocycles. The minimum absolute atomic E-state index is 0.00385. The molecule has 1 fully saturated rings. The van der Waals surface area contributed by atoms with Crippen LogP contribution in [0.25, 0.3) is 0 Å². The summed E-state index contributed by atoms with van der Waals surface area (Å²) in [6, 6.07) is 21.7. The van der Waals surface area contributed by atoms with Gasteiger partial charge >= 0.3 is 0 Å². The van der Waals surface area contributed by atoms with Gasteiger partial charge in [-0.3, -0.25) is 0 Å². The molecule has 0 aromatic heterocycles. The van der Waals surface area contributed by atoms with E-state index in [0.717, 1.165) is 0 Å². The maximum Gasteiger partial charge on any atom is 0.0772 e. The van der Waals surface area contributed by atoms with E-state index in [2.05, 4.69) is 60.7 Å². The van der Waals surface area contributed by atoms with Gasteiger partial charge in [0.2, 0.25) is 0 Å². The average molecular weight is 286 g/mol. The third-order valence-corrected chi connectivity index (χ3v) is 6.35. The first-order valence-corrected chi connectivity index (χ1v) is 8.27. The van der Waals surface area contributed by atoms with Gasteiger partial charge in [-0.1, -0.05) is 60.7 Å². The molecule has 1 heterocycles. The lowest BCUT2D eigenvalue weighted by molar-refractivity contribution is 0.608. The summed E-state index contributed by atoms with van der Waals surface area (Å²) in [6.45, 7) is 0. The Morgan fingerprint density at radius 3 is 1.89 bits per heavy atom. The molecule has 1 aliphatic rings. The molecule has 2 aromatic rings. The van der Waals surface area contributed by atoms with Gasteiger partial charge in [0.05, 0.1) is 4.75 Å². The van der Waals surface area contributed by atoms with Crippen LogP contribution in [-0.4, -0.2) is 11.0 Å².